The van der Waals surface area contributed by atoms with Crippen LogP contribution in [0.2, 0.25) is 0 Å². The van der Waals surface area contributed by atoms with Gasteiger partial charge in [0.25, 0.3) is 0 Å². The lowest BCUT2D eigenvalue weighted by Gasteiger charge is -2.21. The number of hydrogen-bond donors (Lipinski definition) is 0. The van der Waals surface area contributed by atoms with Crippen LogP contribution >= 0.6 is 0 Å². The lowest BCUT2D eigenvalue weighted by Crippen LogP contribution is -2.27. The second-order valence-electron chi connectivity index (χ2n) is 14.9. The summed E-state index contributed by atoms with van der Waals surface area (Å²) in [5.41, 5.74) is 0. The molecule has 8 nitrogen and oxygen atoms in total. The van der Waals surface area contributed by atoms with Crippen molar-refractivity contribution in [2.75, 3.05) is 13.2 Å². The highest BCUT2D eigenvalue weighted by molar-refractivity contribution is 5.73. The molecule has 0 aromatic rings. The Bertz CT molecular complexity index is 968. The number of rotatable bonds is 13. The summed E-state index contributed by atoms with van der Waals surface area (Å²) < 4.78 is 33.0. The van der Waals surface area contributed by atoms with Crippen LogP contribution in [0.3, 0.4) is 0 Å². The van der Waals surface area contributed by atoms with Crippen LogP contribution in [0, 0.1) is 23.7 Å². The fourth-order valence-electron chi connectivity index (χ4n) is 8.47. The van der Waals surface area contributed by atoms with Gasteiger partial charge in [-0.1, -0.05) is 38.5 Å². The van der Waals surface area contributed by atoms with Crippen molar-refractivity contribution in [3.8, 4) is 0 Å². The van der Waals surface area contributed by atoms with Gasteiger partial charge in [0.05, 0.1) is 73.9 Å². The summed E-state index contributed by atoms with van der Waals surface area (Å²) >= 11 is 0. The number of carbonyl (C=O) groups is 2. The van der Waals surface area contributed by atoms with Crippen molar-refractivity contribution >= 4 is 11.9 Å². The number of ether oxygens (including phenoxy) is 6. The highest BCUT2D eigenvalue weighted by Crippen LogP contribution is 2.43. The minimum atomic E-state index is 0. The van der Waals surface area contributed by atoms with Gasteiger partial charge < -0.3 is 28.4 Å². The first-order chi connectivity index (χ1) is 21.1. The zero-order valence-corrected chi connectivity index (χ0v) is 26.0. The van der Waals surface area contributed by atoms with Crippen molar-refractivity contribution in [3.05, 3.63) is 0 Å². The summed E-state index contributed by atoms with van der Waals surface area (Å²) in [6.07, 6.45) is 26.0. The Kier molecular flexibility index (Phi) is 9.94. The van der Waals surface area contributed by atoms with Crippen molar-refractivity contribution in [1.82, 2.24) is 0 Å². The van der Waals surface area contributed by atoms with Crippen LogP contribution in [0.5, 0.6) is 0 Å². The zero-order chi connectivity index (χ0) is 29.2. The van der Waals surface area contributed by atoms with E-state index in [0.29, 0.717) is 68.0 Å². The van der Waals surface area contributed by atoms with Crippen LogP contribution in [0.1, 0.15) is 125 Å². The Morgan fingerprint density at radius 3 is 1.53 bits per heavy atom. The van der Waals surface area contributed by atoms with Crippen molar-refractivity contribution in [2.24, 2.45) is 23.7 Å². The molecule has 4 saturated carbocycles. The van der Waals surface area contributed by atoms with Gasteiger partial charge in [0, 0.05) is 2.85 Å². The van der Waals surface area contributed by atoms with Crippen LogP contribution < -0.4 is 0 Å². The highest BCUT2D eigenvalue weighted by atomic mass is 16.6. The summed E-state index contributed by atoms with van der Waals surface area (Å²) in [4.78, 5) is 24.0. The Labute approximate surface area is 260 Å². The van der Waals surface area contributed by atoms with Crippen LogP contribution in [-0.4, -0.2) is 74.0 Å². The SMILES string of the molecule is O=C(OCC1CCC2OC2C1)C1CCC2OC2C1.O=C(OCCCCCCCCC1CCC2OC2C1)C1CCC2OC2C1.[HH].[HH]. The molecule has 0 N–H and O–H groups in total. The van der Waals surface area contributed by atoms with Gasteiger partial charge in [-0.15, -0.1) is 0 Å². The standard InChI is InChI=1S/C21H34O4.C14H20O4.2H2/c22-21(16-9-11-18-20(14-16)25-18)23-12-6-4-2-1-3-5-7-15-8-10-17-19(13-15)24-17;15-14(9-2-4-11-13(6-9)18-11)16-7-8-1-3-10-12(5-8)17-10;;/h15-20H,1-14H2;8-13H,1-7H2;2*1H. The van der Waals surface area contributed by atoms with Crippen LogP contribution in [0.15, 0.2) is 0 Å². The van der Waals surface area contributed by atoms with Gasteiger partial charge in [0.15, 0.2) is 0 Å². The van der Waals surface area contributed by atoms with Gasteiger partial charge in [-0.25, -0.2) is 0 Å². The minimum absolute atomic E-state index is 0. The maximum absolute atomic E-state index is 12.0. The second kappa shape index (κ2) is 14.0. The van der Waals surface area contributed by atoms with Gasteiger partial charge in [0.1, 0.15) is 0 Å². The Balaban J connectivity index is 0.000000178. The number of carbonyl (C=O) groups excluding carboxylic acids is 2. The predicted octanol–water partition coefficient (Wildman–Crippen LogP) is 6.55. The lowest BCUT2D eigenvalue weighted by molar-refractivity contribution is -0.151. The molecule has 4 aliphatic carbocycles. The zero-order valence-electron chi connectivity index (χ0n) is 26.0. The summed E-state index contributed by atoms with van der Waals surface area (Å²) in [7, 11) is 0. The predicted molar refractivity (Wildman–Crippen MR) is 162 cm³/mol. The van der Waals surface area contributed by atoms with Crippen LogP contribution in [0.25, 0.3) is 0 Å². The van der Waals surface area contributed by atoms with Crippen LogP contribution in [-0.2, 0) is 38.0 Å². The maximum atomic E-state index is 12.0. The topological polar surface area (TPSA) is 103 Å². The molecule has 0 bridgehead atoms. The first-order valence-electron chi connectivity index (χ1n) is 18.0. The van der Waals surface area contributed by atoms with E-state index in [1.165, 1.54) is 57.8 Å². The third-order valence-corrected chi connectivity index (χ3v) is 11.6. The number of hydrogen-bond acceptors (Lipinski definition) is 8. The molecule has 0 spiro atoms. The second-order valence-corrected chi connectivity index (χ2v) is 14.9. The molecule has 246 valence electrons. The van der Waals surface area contributed by atoms with Gasteiger partial charge >= 0.3 is 11.9 Å². The molecule has 12 atom stereocenters. The third kappa shape index (κ3) is 8.74. The van der Waals surface area contributed by atoms with Gasteiger partial charge in [-0.3, -0.25) is 9.59 Å². The molecule has 8 fully saturated rings. The van der Waals surface area contributed by atoms with E-state index in [-0.39, 0.29) is 26.6 Å². The highest BCUT2D eigenvalue weighted by Gasteiger charge is 2.48. The van der Waals surface area contributed by atoms with E-state index in [1.807, 2.05) is 0 Å². The van der Waals surface area contributed by atoms with E-state index in [2.05, 4.69) is 0 Å². The first-order valence-corrected chi connectivity index (χ1v) is 18.0. The maximum Gasteiger partial charge on any atom is 0.309 e. The van der Waals surface area contributed by atoms with Crippen LogP contribution in [0.4, 0.5) is 0 Å². The van der Waals surface area contributed by atoms with E-state index < -0.39 is 0 Å². The first kappa shape index (κ1) is 30.4. The normalized spacial score (nSPS) is 42.9. The Morgan fingerprint density at radius 1 is 0.488 bits per heavy atom. The third-order valence-electron chi connectivity index (χ3n) is 11.6. The fraction of sp³-hybridized carbons (Fsp3) is 0.943. The van der Waals surface area contributed by atoms with Crippen molar-refractivity contribution in [2.45, 2.75) is 171 Å². The summed E-state index contributed by atoms with van der Waals surface area (Å²) in [5, 5.41) is 0. The largest absolute Gasteiger partial charge is 0.465 e. The lowest BCUT2D eigenvalue weighted by atomic mass is 9.85. The molecule has 8 rings (SSSR count). The van der Waals surface area contributed by atoms with Crippen molar-refractivity contribution < 1.29 is 40.9 Å². The molecule has 8 aliphatic rings. The molecule has 4 heterocycles. The number of unbranched alkanes of at least 4 members (excludes halogenated alkanes) is 5. The molecule has 0 aromatic heterocycles. The quantitative estimate of drug-likeness (QED) is 0.132. The van der Waals surface area contributed by atoms with E-state index in [1.54, 1.807) is 0 Å². The van der Waals surface area contributed by atoms with E-state index >= 15 is 0 Å². The molecular formula is C35H58O8. The summed E-state index contributed by atoms with van der Waals surface area (Å²) in [5.74, 6) is 1.65. The average molecular weight is 607 g/mol. The summed E-state index contributed by atoms with van der Waals surface area (Å²) in [6.45, 7) is 1.20. The molecule has 12 unspecified atom stereocenters. The Morgan fingerprint density at radius 2 is 0.953 bits per heavy atom. The number of epoxide rings is 4. The van der Waals surface area contributed by atoms with E-state index in [4.69, 9.17) is 28.4 Å². The van der Waals surface area contributed by atoms with Crippen molar-refractivity contribution in [3.63, 3.8) is 0 Å². The monoisotopic (exact) mass is 606 g/mol. The van der Waals surface area contributed by atoms with Crippen molar-refractivity contribution in [1.29, 1.82) is 0 Å². The number of esters is 2. The van der Waals surface area contributed by atoms with Gasteiger partial charge in [-0.2, -0.15) is 0 Å². The fourth-order valence-corrected chi connectivity index (χ4v) is 8.47. The Hall–Kier alpha value is -1.22. The molecule has 0 aromatic carbocycles. The van der Waals surface area contributed by atoms with E-state index in [9.17, 15) is 9.59 Å². The molecule has 0 amide bonds. The number of fused-ring (bicyclic) bond motifs is 4. The van der Waals surface area contributed by atoms with Gasteiger partial charge in [-0.05, 0) is 95.3 Å². The molecule has 43 heavy (non-hydrogen) atoms. The van der Waals surface area contributed by atoms with E-state index in [0.717, 1.165) is 70.1 Å². The minimum Gasteiger partial charge on any atom is -0.465 e. The summed E-state index contributed by atoms with van der Waals surface area (Å²) in [6, 6.07) is 0. The molecule has 4 saturated heterocycles. The molecule has 0 radical (unpaired) electrons. The molecular weight excluding hydrogens is 548 g/mol. The molecule has 4 aliphatic heterocycles. The van der Waals surface area contributed by atoms with Gasteiger partial charge in [0.2, 0.25) is 0 Å². The average Bonchev–Trinajstić information content (AvgIpc) is 3.84. The smallest absolute Gasteiger partial charge is 0.309 e. The molecule has 8 heteroatoms.